The molecule has 0 aliphatic rings. The van der Waals surface area contributed by atoms with Crippen LogP contribution in [0, 0.1) is 11.3 Å². The lowest BCUT2D eigenvalue weighted by atomic mass is 9.94. The summed E-state index contributed by atoms with van der Waals surface area (Å²) in [5, 5.41) is 13.7. The van der Waals surface area contributed by atoms with Gasteiger partial charge in [-0.25, -0.2) is 15.0 Å². The van der Waals surface area contributed by atoms with Gasteiger partial charge in [-0.3, -0.25) is 0 Å². The van der Waals surface area contributed by atoms with Crippen molar-refractivity contribution in [3.8, 4) is 73.6 Å². The summed E-state index contributed by atoms with van der Waals surface area (Å²) in [4.78, 5) is 15.2. The fraction of sp³-hybridized carbons (Fsp3) is 0. The molecule has 256 valence electrons. The van der Waals surface area contributed by atoms with Crippen molar-refractivity contribution in [2.45, 2.75) is 0 Å². The Hall–Kier alpha value is -7.68. The average molecular weight is 703 g/mol. The Kier molecular flexibility index (Phi) is 7.79. The maximum absolute atomic E-state index is 9.43. The van der Waals surface area contributed by atoms with Crippen molar-refractivity contribution >= 4 is 32.7 Å². The number of benzene rings is 8. The van der Waals surface area contributed by atoms with E-state index in [4.69, 9.17) is 19.4 Å². The molecular formula is C50H30N4O. The second kappa shape index (κ2) is 13.4. The van der Waals surface area contributed by atoms with Crippen molar-refractivity contribution in [3.05, 3.63) is 188 Å². The zero-order valence-electron chi connectivity index (χ0n) is 29.5. The van der Waals surface area contributed by atoms with Crippen LogP contribution in [0.15, 0.2) is 186 Å². The summed E-state index contributed by atoms with van der Waals surface area (Å²) in [5.74, 6) is 1.71. The summed E-state index contributed by atoms with van der Waals surface area (Å²) < 4.78 is 6.69. The number of nitrogens with zero attached hydrogens (tertiary/aromatic N) is 4. The van der Waals surface area contributed by atoms with Crippen LogP contribution in [0.25, 0.3) is 100 Å². The number of furan rings is 1. The third kappa shape index (κ3) is 5.79. The molecule has 0 unspecified atom stereocenters. The van der Waals surface area contributed by atoms with E-state index in [1.54, 1.807) is 0 Å². The maximum Gasteiger partial charge on any atom is 0.164 e. The lowest BCUT2D eigenvalue weighted by Gasteiger charge is -2.12. The second-order valence-corrected chi connectivity index (χ2v) is 13.5. The summed E-state index contributed by atoms with van der Waals surface area (Å²) in [7, 11) is 0. The molecule has 0 fully saturated rings. The van der Waals surface area contributed by atoms with Crippen molar-refractivity contribution in [1.29, 1.82) is 5.26 Å². The van der Waals surface area contributed by atoms with Gasteiger partial charge in [0.2, 0.25) is 0 Å². The highest BCUT2D eigenvalue weighted by Gasteiger charge is 2.21. The molecule has 0 amide bonds. The molecule has 55 heavy (non-hydrogen) atoms. The summed E-state index contributed by atoms with van der Waals surface area (Å²) in [6.45, 7) is 0. The minimum absolute atomic E-state index is 0.560. The molecule has 0 saturated heterocycles. The van der Waals surface area contributed by atoms with E-state index in [1.165, 1.54) is 11.1 Å². The molecular weight excluding hydrogens is 673 g/mol. The fourth-order valence-electron chi connectivity index (χ4n) is 7.50. The van der Waals surface area contributed by atoms with E-state index in [1.807, 2.05) is 91.0 Å². The normalized spacial score (nSPS) is 11.3. The van der Waals surface area contributed by atoms with Gasteiger partial charge in [-0.1, -0.05) is 158 Å². The van der Waals surface area contributed by atoms with Crippen LogP contribution in [-0.2, 0) is 0 Å². The maximum atomic E-state index is 9.43. The Morgan fingerprint density at radius 2 is 0.891 bits per heavy atom. The number of fused-ring (bicyclic) bond motifs is 5. The number of nitriles is 1. The van der Waals surface area contributed by atoms with Crippen LogP contribution in [0.2, 0.25) is 0 Å². The van der Waals surface area contributed by atoms with E-state index >= 15 is 0 Å². The molecule has 0 atom stereocenters. The number of hydrogen-bond donors (Lipinski definition) is 0. The van der Waals surface area contributed by atoms with E-state index in [-0.39, 0.29) is 0 Å². The van der Waals surface area contributed by atoms with Crippen molar-refractivity contribution in [2.24, 2.45) is 0 Å². The van der Waals surface area contributed by atoms with Crippen LogP contribution >= 0.6 is 0 Å². The van der Waals surface area contributed by atoms with Gasteiger partial charge < -0.3 is 4.42 Å². The SMILES string of the molecule is N#Cc1cccc(-c2ccc(-c3nc(-c4ccccc4)nc(-c4cc5oc6cccc(-c7ccc(-c8ccccc8)cc7)c6c5c5ccccc45)n3)cc2)c1. The highest BCUT2D eigenvalue weighted by atomic mass is 16.3. The Bertz CT molecular complexity index is 3070. The topological polar surface area (TPSA) is 75.6 Å². The Morgan fingerprint density at radius 3 is 1.60 bits per heavy atom. The first kappa shape index (κ1) is 32.0. The van der Waals surface area contributed by atoms with E-state index in [9.17, 15) is 5.26 Å². The van der Waals surface area contributed by atoms with Crippen molar-refractivity contribution in [1.82, 2.24) is 15.0 Å². The molecule has 0 radical (unpaired) electrons. The molecule has 0 aliphatic heterocycles. The smallest absolute Gasteiger partial charge is 0.164 e. The molecule has 0 spiro atoms. The molecule has 10 rings (SSSR count). The van der Waals surface area contributed by atoms with Crippen LogP contribution in [0.1, 0.15) is 5.56 Å². The van der Waals surface area contributed by atoms with E-state index in [0.717, 1.165) is 71.7 Å². The van der Waals surface area contributed by atoms with Gasteiger partial charge in [0, 0.05) is 27.5 Å². The number of rotatable bonds is 6. The van der Waals surface area contributed by atoms with Crippen molar-refractivity contribution in [2.75, 3.05) is 0 Å². The highest BCUT2D eigenvalue weighted by molar-refractivity contribution is 6.25. The minimum Gasteiger partial charge on any atom is -0.456 e. The van der Waals surface area contributed by atoms with Gasteiger partial charge >= 0.3 is 0 Å². The van der Waals surface area contributed by atoms with Crippen LogP contribution in [-0.4, -0.2) is 15.0 Å². The standard InChI is InChI=1S/C50H30N4O/c51-31-32-11-9-16-39(29-32)35-23-27-38(28-24-35)49-52-48(37-14-5-2-6-15-37)53-50(54-49)43-30-45-47(42-18-8-7-17-41(42)43)46-40(19-10-20-44(46)55-45)36-25-21-34(22-26-36)33-12-3-1-4-13-33/h1-30H. The van der Waals surface area contributed by atoms with Crippen molar-refractivity contribution < 1.29 is 4.42 Å². The lowest BCUT2D eigenvalue weighted by molar-refractivity contribution is 0.669. The lowest BCUT2D eigenvalue weighted by Crippen LogP contribution is -2.00. The molecule has 0 saturated carbocycles. The molecule has 5 heteroatoms. The number of hydrogen-bond acceptors (Lipinski definition) is 5. The largest absolute Gasteiger partial charge is 0.456 e. The van der Waals surface area contributed by atoms with Gasteiger partial charge in [0.15, 0.2) is 17.5 Å². The molecule has 8 aromatic carbocycles. The molecule has 2 heterocycles. The first-order chi connectivity index (χ1) is 27.2. The first-order valence-corrected chi connectivity index (χ1v) is 18.2. The minimum atomic E-state index is 0.560. The van der Waals surface area contributed by atoms with E-state index < -0.39 is 0 Å². The molecule has 10 aromatic rings. The summed E-state index contributed by atoms with van der Waals surface area (Å²) >= 11 is 0. The Balaban J connectivity index is 1.14. The Morgan fingerprint density at radius 1 is 0.364 bits per heavy atom. The molecule has 0 aliphatic carbocycles. The fourth-order valence-corrected chi connectivity index (χ4v) is 7.50. The highest BCUT2D eigenvalue weighted by Crippen LogP contribution is 2.43. The van der Waals surface area contributed by atoms with Gasteiger partial charge in [-0.05, 0) is 68.4 Å². The van der Waals surface area contributed by atoms with Crippen LogP contribution < -0.4 is 0 Å². The first-order valence-electron chi connectivity index (χ1n) is 18.2. The van der Waals surface area contributed by atoms with Gasteiger partial charge in [0.1, 0.15) is 11.2 Å². The number of aromatic nitrogens is 3. The van der Waals surface area contributed by atoms with E-state index in [2.05, 4.69) is 97.1 Å². The van der Waals surface area contributed by atoms with Gasteiger partial charge in [0.25, 0.3) is 0 Å². The van der Waals surface area contributed by atoms with Gasteiger partial charge in [-0.2, -0.15) is 5.26 Å². The molecule has 0 bridgehead atoms. The molecule has 5 nitrogen and oxygen atoms in total. The quantitative estimate of drug-likeness (QED) is 0.172. The summed E-state index contributed by atoms with van der Waals surface area (Å²) in [6, 6.07) is 64.0. The van der Waals surface area contributed by atoms with E-state index in [0.29, 0.717) is 23.0 Å². The van der Waals surface area contributed by atoms with Gasteiger partial charge in [0.05, 0.1) is 11.6 Å². The summed E-state index contributed by atoms with van der Waals surface area (Å²) in [6.07, 6.45) is 0. The van der Waals surface area contributed by atoms with Crippen LogP contribution in [0.4, 0.5) is 0 Å². The Labute approximate surface area is 317 Å². The predicted octanol–water partition coefficient (Wildman–Crippen LogP) is 12.8. The monoisotopic (exact) mass is 702 g/mol. The second-order valence-electron chi connectivity index (χ2n) is 13.5. The predicted molar refractivity (Wildman–Crippen MR) is 222 cm³/mol. The zero-order valence-corrected chi connectivity index (χ0v) is 29.5. The third-order valence-corrected chi connectivity index (χ3v) is 10.2. The zero-order chi connectivity index (χ0) is 36.7. The average Bonchev–Trinajstić information content (AvgIpc) is 3.66. The molecule has 2 aromatic heterocycles. The van der Waals surface area contributed by atoms with Gasteiger partial charge in [-0.15, -0.1) is 0 Å². The third-order valence-electron chi connectivity index (χ3n) is 10.2. The van der Waals surface area contributed by atoms with Crippen molar-refractivity contribution in [3.63, 3.8) is 0 Å². The summed E-state index contributed by atoms with van der Waals surface area (Å²) in [5.41, 5.74) is 11.4. The molecule has 0 N–H and O–H groups in total. The van der Waals surface area contributed by atoms with Crippen LogP contribution in [0.3, 0.4) is 0 Å². The van der Waals surface area contributed by atoms with Crippen LogP contribution in [0.5, 0.6) is 0 Å².